The standard InChI is InChI=1S/C20H22N6O/c21-15-3-1-2-14(10-15)11-17(27)26-9-8-25(12-20(26)5-6-20)19-16-4-7-22-18(16)23-13-24-19/h1-4,7,10,13H,5-6,8-9,11-12,21H2,(H,22,23,24). The highest BCUT2D eigenvalue weighted by Crippen LogP contribution is 2.45. The van der Waals surface area contributed by atoms with Crippen molar-refractivity contribution in [2.24, 2.45) is 0 Å². The highest BCUT2D eigenvalue weighted by atomic mass is 16.2. The van der Waals surface area contributed by atoms with Gasteiger partial charge in [0.05, 0.1) is 17.3 Å². The van der Waals surface area contributed by atoms with Gasteiger partial charge in [-0.3, -0.25) is 4.79 Å². The number of nitrogens with zero attached hydrogens (tertiary/aromatic N) is 4. The number of anilines is 2. The van der Waals surface area contributed by atoms with Gasteiger partial charge in [-0.25, -0.2) is 9.97 Å². The van der Waals surface area contributed by atoms with Crippen LogP contribution in [0.1, 0.15) is 18.4 Å². The van der Waals surface area contributed by atoms with Gasteiger partial charge in [-0.2, -0.15) is 0 Å². The van der Waals surface area contributed by atoms with Crippen LogP contribution < -0.4 is 10.6 Å². The fourth-order valence-corrected chi connectivity index (χ4v) is 4.20. The molecular weight excluding hydrogens is 340 g/mol. The minimum atomic E-state index is -0.0523. The number of aromatic amines is 1. The zero-order chi connectivity index (χ0) is 18.4. The number of fused-ring (bicyclic) bond motifs is 1. The molecule has 2 aromatic heterocycles. The van der Waals surface area contributed by atoms with Gasteiger partial charge in [-0.1, -0.05) is 12.1 Å². The maximum absolute atomic E-state index is 13.0. The molecule has 1 aliphatic heterocycles. The molecule has 1 aliphatic carbocycles. The van der Waals surface area contributed by atoms with Crippen molar-refractivity contribution in [2.45, 2.75) is 24.8 Å². The van der Waals surface area contributed by atoms with Crippen LogP contribution in [0.15, 0.2) is 42.9 Å². The molecule has 1 amide bonds. The van der Waals surface area contributed by atoms with Crippen LogP contribution in [0.2, 0.25) is 0 Å². The van der Waals surface area contributed by atoms with Crippen LogP contribution in [-0.4, -0.2) is 50.9 Å². The lowest BCUT2D eigenvalue weighted by molar-refractivity contribution is -0.134. The first kappa shape index (κ1) is 16.1. The number of carbonyl (C=O) groups is 1. The second-order valence-corrected chi connectivity index (χ2v) is 7.55. The number of aromatic nitrogens is 3. The summed E-state index contributed by atoms with van der Waals surface area (Å²) in [4.78, 5) is 29.3. The predicted molar refractivity (Wildman–Crippen MR) is 104 cm³/mol. The molecule has 138 valence electrons. The number of amides is 1. The summed E-state index contributed by atoms with van der Waals surface area (Å²) in [6.07, 6.45) is 6.00. The van der Waals surface area contributed by atoms with Gasteiger partial charge in [0.1, 0.15) is 17.8 Å². The van der Waals surface area contributed by atoms with Crippen LogP contribution in [0, 0.1) is 0 Å². The first-order chi connectivity index (χ1) is 13.1. The van der Waals surface area contributed by atoms with E-state index >= 15 is 0 Å². The van der Waals surface area contributed by atoms with Gasteiger partial charge in [-0.15, -0.1) is 0 Å². The minimum absolute atomic E-state index is 0.0523. The Balaban J connectivity index is 1.35. The zero-order valence-electron chi connectivity index (χ0n) is 15.1. The van der Waals surface area contributed by atoms with Gasteiger partial charge < -0.3 is 20.5 Å². The average molecular weight is 362 g/mol. The second-order valence-electron chi connectivity index (χ2n) is 7.55. The van der Waals surface area contributed by atoms with E-state index in [1.165, 1.54) is 0 Å². The Bertz CT molecular complexity index is 1010. The Hall–Kier alpha value is -3.09. The fraction of sp³-hybridized carbons (Fsp3) is 0.350. The molecule has 27 heavy (non-hydrogen) atoms. The lowest BCUT2D eigenvalue weighted by Gasteiger charge is -2.43. The Morgan fingerprint density at radius 1 is 1.22 bits per heavy atom. The minimum Gasteiger partial charge on any atom is -0.399 e. The highest BCUT2D eigenvalue weighted by molar-refractivity contribution is 5.88. The number of hydrogen-bond acceptors (Lipinski definition) is 5. The normalized spacial score (nSPS) is 18.2. The Morgan fingerprint density at radius 2 is 2.11 bits per heavy atom. The molecule has 0 radical (unpaired) electrons. The molecule has 1 saturated heterocycles. The van der Waals surface area contributed by atoms with Gasteiger partial charge in [0.2, 0.25) is 5.91 Å². The molecule has 0 unspecified atom stereocenters. The summed E-state index contributed by atoms with van der Waals surface area (Å²) in [5.41, 5.74) is 8.33. The van der Waals surface area contributed by atoms with Crippen LogP contribution in [0.25, 0.3) is 11.0 Å². The smallest absolute Gasteiger partial charge is 0.227 e. The molecule has 1 aromatic carbocycles. The predicted octanol–water partition coefficient (Wildman–Crippen LogP) is 1.96. The van der Waals surface area contributed by atoms with Crippen molar-refractivity contribution in [1.82, 2.24) is 19.9 Å². The maximum atomic E-state index is 13.0. The van der Waals surface area contributed by atoms with Crippen molar-refractivity contribution in [2.75, 3.05) is 30.3 Å². The monoisotopic (exact) mass is 362 g/mol. The first-order valence-corrected chi connectivity index (χ1v) is 9.33. The summed E-state index contributed by atoms with van der Waals surface area (Å²) in [6.45, 7) is 2.33. The van der Waals surface area contributed by atoms with E-state index < -0.39 is 0 Å². The molecular formula is C20H22N6O. The van der Waals surface area contributed by atoms with E-state index in [-0.39, 0.29) is 11.4 Å². The Morgan fingerprint density at radius 3 is 2.93 bits per heavy atom. The molecule has 7 heteroatoms. The van der Waals surface area contributed by atoms with E-state index in [9.17, 15) is 4.79 Å². The molecule has 3 N–H and O–H groups in total. The van der Waals surface area contributed by atoms with Crippen LogP contribution in [-0.2, 0) is 11.2 Å². The topological polar surface area (TPSA) is 91.1 Å². The van der Waals surface area contributed by atoms with E-state index in [0.29, 0.717) is 12.1 Å². The molecule has 0 atom stereocenters. The summed E-state index contributed by atoms with van der Waals surface area (Å²) >= 11 is 0. The van der Waals surface area contributed by atoms with Gasteiger partial charge in [0.15, 0.2) is 0 Å². The van der Waals surface area contributed by atoms with E-state index in [0.717, 1.165) is 54.9 Å². The summed E-state index contributed by atoms with van der Waals surface area (Å²) in [5.74, 6) is 1.14. The lowest BCUT2D eigenvalue weighted by atomic mass is 10.1. The van der Waals surface area contributed by atoms with Crippen LogP contribution in [0.5, 0.6) is 0 Å². The third kappa shape index (κ3) is 2.79. The van der Waals surface area contributed by atoms with E-state index in [1.807, 2.05) is 36.5 Å². The second kappa shape index (κ2) is 5.97. The largest absolute Gasteiger partial charge is 0.399 e. The van der Waals surface area contributed by atoms with Crippen molar-refractivity contribution >= 4 is 28.4 Å². The molecule has 3 heterocycles. The molecule has 2 fully saturated rings. The third-order valence-electron chi connectivity index (χ3n) is 5.72. The molecule has 1 spiro atoms. The van der Waals surface area contributed by atoms with E-state index in [2.05, 4.69) is 24.8 Å². The van der Waals surface area contributed by atoms with Crippen molar-refractivity contribution in [3.8, 4) is 0 Å². The number of nitrogen functional groups attached to an aromatic ring is 1. The Kier molecular flexibility index (Phi) is 3.56. The molecule has 3 aromatic rings. The number of hydrogen-bond donors (Lipinski definition) is 2. The molecule has 2 aliphatic rings. The van der Waals surface area contributed by atoms with Crippen LogP contribution >= 0.6 is 0 Å². The van der Waals surface area contributed by atoms with Crippen molar-refractivity contribution < 1.29 is 4.79 Å². The number of piperazine rings is 1. The van der Waals surface area contributed by atoms with Crippen molar-refractivity contribution in [3.05, 3.63) is 48.4 Å². The fourth-order valence-electron chi connectivity index (χ4n) is 4.20. The lowest BCUT2D eigenvalue weighted by Crippen LogP contribution is -2.57. The molecule has 7 nitrogen and oxygen atoms in total. The van der Waals surface area contributed by atoms with Crippen LogP contribution in [0.4, 0.5) is 11.5 Å². The number of H-pyrrole nitrogens is 1. The van der Waals surface area contributed by atoms with E-state index in [4.69, 9.17) is 5.73 Å². The summed E-state index contributed by atoms with van der Waals surface area (Å²) in [6, 6.07) is 9.62. The number of nitrogens with one attached hydrogen (secondary N) is 1. The highest BCUT2D eigenvalue weighted by Gasteiger charge is 2.53. The average Bonchev–Trinajstić information content (AvgIpc) is 3.24. The quantitative estimate of drug-likeness (QED) is 0.695. The summed E-state index contributed by atoms with van der Waals surface area (Å²) in [7, 11) is 0. The Labute approximate surface area is 157 Å². The molecule has 5 rings (SSSR count). The molecule has 1 saturated carbocycles. The van der Waals surface area contributed by atoms with Gasteiger partial charge >= 0.3 is 0 Å². The summed E-state index contributed by atoms with van der Waals surface area (Å²) < 4.78 is 0. The third-order valence-corrected chi connectivity index (χ3v) is 5.72. The van der Waals surface area contributed by atoms with E-state index in [1.54, 1.807) is 6.33 Å². The van der Waals surface area contributed by atoms with Crippen molar-refractivity contribution in [1.29, 1.82) is 0 Å². The van der Waals surface area contributed by atoms with Gasteiger partial charge in [0.25, 0.3) is 0 Å². The number of rotatable bonds is 3. The maximum Gasteiger partial charge on any atom is 0.227 e. The zero-order valence-corrected chi connectivity index (χ0v) is 15.1. The summed E-state index contributed by atoms with van der Waals surface area (Å²) in [5, 5.41) is 1.04. The number of nitrogens with two attached hydrogens (primary N) is 1. The van der Waals surface area contributed by atoms with Crippen LogP contribution in [0.3, 0.4) is 0 Å². The van der Waals surface area contributed by atoms with Gasteiger partial charge in [0, 0.05) is 31.5 Å². The number of carbonyl (C=O) groups excluding carboxylic acids is 1. The van der Waals surface area contributed by atoms with Crippen molar-refractivity contribution in [3.63, 3.8) is 0 Å². The number of benzene rings is 1. The first-order valence-electron chi connectivity index (χ1n) is 9.33. The molecule has 0 bridgehead atoms. The SMILES string of the molecule is Nc1cccc(CC(=O)N2CCN(c3ncnc4[nH]ccc34)CC23CC3)c1. The van der Waals surface area contributed by atoms with Gasteiger partial charge in [-0.05, 0) is 36.6 Å².